The maximum absolute atomic E-state index is 13.2. The van der Waals surface area contributed by atoms with Crippen molar-refractivity contribution < 1.29 is 18.7 Å². The summed E-state index contributed by atoms with van der Waals surface area (Å²) in [6.07, 6.45) is -0.898. The molecule has 0 N–H and O–H groups in total. The van der Waals surface area contributed by atoms with Crippen LogP contribution in [0.15, 0.2) is 53.0 Å². The minimum Gasteiger partial charge on any atom is -0.449 e. The van der Waals surface area contributed by atoms with Gasteiger partial charge in [0.25, 0.3) is 5.91 Å². The van der Waals surface area contributed by atoms with Crippen LogP contribution in [-0.4, -0.2) is 54.0 Å². The standard InChI is InChI=1S/C21H22BrFN2O3/c1-15(28-21(27)18-8-7-17(23)13-19(18)22)20(26)25-11-9-24(10-12-25)14-16-5-3-2-4-6-16/h2-8,13,15H,9-12,14H2,1H3. The number of rotatable bonds is 5. The van der Waals surface area contributed by atoms with Gasteiger partial charge in [0.1, 0.15) is 5.82 Å². The van der Waals surface area contributed by atoms with E-state index in [0.717, 1.165) is 19.6 Å². The highest BCUT2D eigenvalue weighted by Gasteiger charge is 2.28. The highest BCUT2D eigenvalue weighted by Crippen LogP contribution is 2.20. The molecule has 1 amide bonds. The molecule has 5 nitrogen and oxygen atoms in total. The van der Waals surface area contributed by atoms with Gasteiger partial charge in [-0.3, -0.25) is 9.69 Å². The number of carbonyl (C=O) groups excluding carboxylic acids is 2. The Labute approximate surface area is 172 Å². The molecule has 2 aromatic carbocycles. The normalized spacial score (nSPS) is 15.9. The van der Waals surface area contributed by atoms with E-state index in [1.165, 1.54) is 23.8 Å². The van der Waals surface area contributed by atoms with Gasteiger partial charge in [-0.25, -0.2) is 9.18 Å². The Morgan fingerprint density at radius 3 is 2.43 bits per heavy atom. The van der Waals surface area contributed by atoms with Crippen molar-refractivity contribution in [3.8, 4) is 0 Å². The van der Waals surface area contributed by atoms with Gasteiger partial charge in [0, 0.05) is 37.2 Å². The molecule has 148 valence electrons. The van der Waals surface area contributed by atoms with Crippen molar-refractivity contribution in [3.05, 3.63) is 69.9 Å². The molecule has 0 aliphatic carbocycles. The second-order valence-electron chi connectivity index (χ2n) is 6.76. The molecule has 0 spiro atoms. The van der Waals surface area contributed by atoms with Gasteiger partial charge in [0.15, 0.2) is 6.10 Å². The largest absolute Gasteiger partial charge is 0.449 e. The maximum atomic E-state index is 13.2. The van der Waals surface area contributed by atoms with E-state index in [4.69, 9.17) is 4.74 Å². The Hall–Kier alpha value is -2.25. The Morgan fingerprint density at radius 2 is 1.79 bits per heavy atom. The summed E-state index contributed by atoms with van der Waals surface area (Å²) < 4.78 is 18.8. The third-order valence-electron chi connectivity index (χ3n) is 4.72. The molecule has 1 fully saturated rings. The molecule has 2 aromatic rings. The number of carbonyl (C=O) groups is 2. The molecule has 1 aliphatic rings. The van der Waals surface area contributed by atoms with Crippen molar-refractivity contribution in [2.45, 2.75) is 19.6 Å². The number of nitrogens with zero attached hydrogens (tertiary/aromatic N) is 2. The molecule has 0 aromatic heterocycles. The molecule has 1 saturated heterocycles. The Balaban J connectivity index is 1.51. The van der Waals surface area contributed by atoms with Crippen LogP contribution >= 0.6 is 15.9 Å². The van der Waals surface area contributed by atoms with Gasteiger partial charge in [-0.15, -0.1) is 0 Å². The molecule has 1 heterocycles. The van der Waals surface area contributed by atoms with Crippen LogP contribution in [0.4, 0.5) is 4.39 Å². The van der Waals surface area contributed by atoms with Gasteiger partial charge in [0.2, 0.25) is 0 Å². The fourth-order valence-electron chi connectivity index (χ4n) is 3.15. The quantitative estimate of drug-likeness (QED) is 0.657. The van der Waals surface area contributed by atoms with Crippen LogP contribution in [-0.2, 0) is 16.1 Å². The van der Waals surface area contributed by atoms with Crippen molar-refractivity contribution >= 4 is 27.8 Å². The van der Waals surface area contributed by atoms with Crippen molar-refractivity contribution in [1.29, 1.82) is 0 Å². The minimum atomic E-state index is -0.898. The molecule has 28 heavy (non-hydrogen) atoms. The van der Waals surface area contributed by atoms with Gasteiger partial charge in [-0.2, -0.15) is 0 Å². The first-order valence-electron chi connectivity index (χ1n) is 9.15. The lowest BCUT2D eigenvalue weighted by Crippen LogP contribution is -2.51. The lowest BCUT2D eigenvalue weighted by molar-refractivity contribution is -0.141. The zero-order valence-electron chi connectivity index (χ0n) is 15.6. The average molecular weight is 449 g/mol. The monoisotopic (exact) mass is 448 g/mol. The van der Waals surface area contributed by atoms with E-state index in [-0.39, 0.29) is 11.5 Å². The molecular weight excluding hydrogens is 427 g/mol. The zero-order chi connectivity index (χ0) is 20.1. The Kier molecular flexibility index (Phi) is 6.80. The van der Waals surface area contributed by atoms with Crippen LogP contribution < -0.4 is 0 Å². The number of amides is 1. The topological polar surface area (TPSA) is 49.9 Å². The van der Waals surface area contributed by atoms with Gasteiger partial charge >= 0.3 is 5.97 Å². The second kappa shape index (κ2) is 9.30. The van der Waals surface area contributed by atoms with Gasteiger partial charge in [0.05, 0.1) is 5.56 Å². The zero-order valence-corrected chi connectivity index (χ0v) is 17.2. The van der Waals surface area contributed by atoms with Crippen molar-refractivity contribution in [3.63, 3.8) is 0 Å². The predicted octanol–water partition coefficient (Wildman–Crippen LogP) is 3.48. The molecule has 0 radical (unpaired) electrons. The fraction of sp³-hybridized carbons (Fsp3) is 0.333. The van der Waals surface area contributed by atoms with E-state index >= 15 is 0 Å². The molecule has 0 bridgehead atoms. The molecule has 7 heteroatoms. The molecular formula is C21H22BrFN2O3. The molecule has 1 aliphatic heterocycles. The highest BCUT2D eigenvalue weighted by atomic mass is 79.9. The summed E-state index contributed by atoms with van der Waals surface area (Å²) in [5.74, 6) is -1.33. The number of piperazine rings is 1. The minimum absolute atomic E-state index is 0.189. The fourth-order valence-corrected chi connectivity index (χ4v) is 3.67. The SMILES string of the molecule is CC(OC(=O)c1ccc(F)cc1Br)C(=O)N1CCN(Cc2ccccc2)CC1. The van der Waals surface area contributed by atoms with Crippen molar-refractivity contribution in [1.82, 2.24) is 9.80 Å². The van der Waals surface area contributed by atoms with E-state index in [2.05, 4.69) is 33.0 Å². The van der Waals surface area contributed by atoms with E-state index in [1.54, 1.807) is 11.8 Å². The van der Waals surface area contributed by atoms with E-state index in [0.29, 0.717) is 17.6 Å². The molecule has 0 saturated carbocycles. The third-order valence-corrected chi connectivity index (χ3v) is 5.37. The summed E-state index contributed by atoms with van der Waals surface area (Å²) in [4.78, 5) is 28.9. The molecule has 1 unspecified atom stereocenters. The number of hydrogen-bond donors (Lipinski definition) is 0. The van der Waals surface area contributed by atoms with Gasteiger partial charge in [-0.1, -0.05) is 30.3 Å². The number of halogens is 2. The first-order chi connectivity index (χ1) is 13.4. The summed E-state index contributed by atoms with van der Waals surface area (Å²) >= 11 is 3.14. The van der Waals surface area contributed by atoms with Crippen molar-refractivity contribution in [2.75, 3.05) is 26.2 Å². The summed E-state index contributed by atoms with van der Waals surface area (Å²) in [5.41, 5.74) is 1.43. The van der Waals surface area contributed by atoms with Crippen LogP contribution in [0.25, 0.3) is 0 Å². The van der Waals surface area contributed by atoms with Gasteiger partial charge < -0.3 is 9.64 Å². The number of ether oxygens (including phenoxy) is 1. The number of esters is 1. The lowest BCUT2D eigenvalue weighted by atomic mass is 10.2. The average Bonchev–Trinajstić information content (AvgIpc) is 2.68. The van der Waals surface area contributed by atoms with E-state index in [9.17, 15) is 14.0 Å². The first kappa shape index (κ1) is 20.5. The molecule has 1 atom stereocenters. The van der Waals surface area contributed by atoms with E-state index in [1.807, 2.05) is 18.2 Å². The smallest absolute Gasteiger partial charge is 0.340 e. The second-order valence-corrected chi connectivity index (χ2v) is 7.61. The lowest BCUT2D eigenvalue weighted by Gasteiger charge is -2.35. The predicted molar refractivity (Wildman–Crippen MR) is 107 cm³/mol. The van der Waals surface area contributed by atoms with Crippen LogP contribution in [0.5, 0.6) is 0 Å². The summed E-state index contributed by atoms with van der Waals surface area (Å²) in [5, 5.41) is 0. The van der Waals surface area contributed by atoms with Crippen LogP contribution in [0.2, 0.25) is 0 Å². The van der Waals surface area contributed by atoms with Gasteiger partial charge in [-0.05, 0) is 46.6 Å². The molecule has 3 rings (SSSR count). The van der Waals surface area contributed by atoms with Crippen molar-refractivity contribution in [2.24, 2.45) is 0 Å². The maximum Gasteiger partial charge on any atom is 0.340 e. The summed E-state index contributed by atoms with van der Waals surface area (Å²) in [6, 6.07) is 13.9. The number of benzene rings is 2. The van der Waals surface area contributed by atoms with Crippen LogP contribution in [0.3, 0.4) is 0 Å². The van der Waals surface area contributed by atoms with Crippen LogP contribution in [0.1, 0.15) is 22.8 Å². The Morgan fingerprint density at radius 1 is 1.11 bits per heavy atom. The summed E-state index contributed by atoms with van der Waals surface area (Å²) in [7, 11) is 0. The summed E-state index contributed by atoms with van der Waals surface area (Å²) in [6.45, 7) is 5.14. The first-order valence-corrected chi connectivity index (χ1v) is 9.94. The third kappa shape index (κ3) is 5.17. The number of hydrogen-bond acceptors (Lipinski definition) is 4. The van der Waals surface area contributed by atoms with E-state index < -0.39 is 17.9 Å². The van der Waals surface area contributed by atoms with Crippen LogP contribution in [0, 0.1) is 5.82 Å². The Bertz CT molecular complexity index is 839. The highest BCUT2D eigenvalue weighted by molar-refractivity contribution is 9.10.